The number of phenolic OH excluding ortho intramolecular Hbond substituents is 1. The predicted octanol–water partition coefficient (Wildman–Crippen LogP) is 2.20. The molecular formula is C12H12O3. The smallest absolute Gasteiger partial charge is 0.307 e. The van der Waals surface area contributed by atoms with E-state index in [-0.39, 0.29) is 12.2 Å². The van der Waals surface area contributed by atoms with Gasteiger partial charge in [0, 0.05) is 0 Å². The normalized spacial score (nSPS) is 14.3. The molecule has 1 aliphatic carbocycles. The fourth-order valence-corrected chi connectivity index (χ4v) is 1.92. The fourth-order valence-electron chi connectivity index (χ4n) is 1.92. The highest BCUT2D eigenvalue weighted by Crippen LogP contribution is 2.31. The van der Waals surface area contributed by atoms with Crippen LogP contribution in [0.2, 0.25) is 0 Å². The quantitative estimate of drug-likeness (QED) is 0.776. The summed E-state index contributed by atoms with van der Waals surface area (Å²) in [5.74, 6) is -0.649. The second kappa shape index (κ2) is 3.77. The van der Waals surface area contributed by atoms with E-state index in [1.54, 1.807) is 12.1 Å². The number of aliphatic carboxylic acids is 1. The van der Waals surface area contributed by atoms with Crippen molar-refractivity contribution < 1.29 is 15.0 Å². The SMILES string of the molecule is O=C(O)CC1=CCCc2ccc(O)cc21. The van der Waals surface area contributed by atoms with Crippen LogP contribution in [0.25, 0.3) is 5.57 Å². The number of fused-ring (bicyclic) bond motifs is 1. The minimum absolute atomic E-state index is 0.0243. The first kappa shape index (κ1) is 9.77. The number of carboxylic acid groups (broad SMARTS) is 1. The standard InChI is InChI=1S/C12H12O3/c13-10-5-4-8-2-1-3-9(6-12(14)15)11(8)7-10/h3-5,7,13H,1-2,6H2,(H,14,15). The van der Waals surface area contributed by atoms with Crippen molar-refractivity contribution in [3.05, 3.63) is 35.4 Å². The van der Waals surface area contributed by atoms with Crippen molar-refractivity contribution in [2.24, 2.45) is 0 Å². The Morgan fingerprint density at radius 3 is 2.93 bits per heavy atom. The van der Waals surface area contributed by atoms with Gasteiger partial charge >= 0.3 is 5.97 Å². The number of aryl methyl sites for hydroxylation is 1. The van der Waals surface area contributed by atoms with Gasteiger partial charge in [-0.15, -0.1) is 0 Å². The zero-order valence-electron chi connectivity index (χ0n) is 8.23. The average Bonchev–Trinajstić information content (AvgIpc) is 2.18. The molecule has 0 spiro atoms. The highest BCUT2D eigenvalue weighted by Gasteiger charge is 2.15. The Labute approximate surface area is 87.7 Å². The second-order valence-corrected chi connectivity index (χ2v) is 3.68. The zero-order valence-corrected chi connectivity index (χ0v) is 8.23. The number of carbonyl (C=O) groups is 1. The summed E-state index contributed by atoms with van der Waals surface area (Å²) in [6.45, 7) is 0. The molecule has 1 aromatic carbocycles. The van der Waals surface area contributed by atoms with Crippen molar-refractivity contribution in [2.45, 2.75) is 19.3 Å². The number of hydrogen-bond donors (Lipinski definition) is 2. The van der Waals surface area contributed by atoms with Gasteiger partial charge in [0.2, 0.25) is 0 Å². The van der Waals surface area contributed by atoms with E-state index in [1.807, 2.05) is 12.1 Å². The zero-order chi connectivity index (χ0) is 10.8. The first-order valence-electron chi connectivity index (χ1n) is 4.90. The summed E-state index contributed by atoms with van der Waals surface area (Å²) in [7, 11) is 0. The molecule has 0 aliphatic heterocycles. The van der Waals surface area contributed by atoms with Gasteiger partial charge in [0.1, 0.15) is 5.75 Å². The summed E-state index contributed by atoms with van der Waals surface area (Å²) in [6, 6.07) is 5.14. The van der Waals surface area contributed by atoms with E-state index < -0.39 is 5.97 Å². The lowest BCUT2D eigenvalue weighted by atomic mass is 9.89. The first-order valence-corrected chi connectivity index (χ1v) is 4.90. The molecule has 0 unspecified atom stereocenters. The van der Waals surface area contributed by atoms with E-state index in [9.17, 15) is 9.90 Å². The van der Waals surface area contributed by atoms with Gasteiger partial charge in [0.05, 0.1) is 6.42 Å². The molecule has 78 valence electrons. The number of aromatic hydroxyl groups is 1. The highest BCUT2D eigenvalue weighted by atomic mass is 16.4. The maximum Gasteiger partial charge on any atom is 0.307 e. The van der Waals surface area contributed by atoms with E-state index in [0.29, 0.717) is 0 Å². The number of benzene rings is 1. The summed E-state index contributed by atoms with van der Waals surface area (Å²) >= 11 is 0. The van der Waals surface area contributed by atoms with Crippen LogP contribution in [0.1, 0.15) is 24.0 Å². The first-order chi connectivity index (χ1) is 7.16. The van der Waals surface area contributed by atoms with E-state index in [2.05, 4.69) is 0 Å². The topological polar surface area (TPSA) is 57.5 Å². The number of carboxylic acids is 1. The molecule has 1 aromatic rings. The van der Waals surface area contributed by atoms with Gasteiger partial charge in [-0.1, -0.05) is 12.1 Å². The molecule has 0 saturated heterocycles. The van der Waals surface area contributed by atoms with E-state index in [1.165, 1.54) is 0 Å². The van der Waals surface area contributed by atoms with E-state index >= 15 is 0 Å². The minimum Gasteiger partial charge on any atom is -0.508 e. The summed E-state index contributed by atoms with van der Waals surface area (Å²) in [5, 5.41) is 18.1. The molecule has 0 fully saturated rings. The van der Waals surface area contributed by atoms with Crippen LogP contribution in [0.15, 0.2) is 24.3 Å². The third-order valence-corrected chi connectivity index (χ3v) is 2.59. The summed E-state index contributed by atoms with van der Waals surface area (Å²) in [4.78, 5) is 10.7. The molecule has 0 radical (unpaired) electrons. The molecule has 2 N–H and O–H groups in total. The molecule has 0 saturated carbocycles. The Hall–Kier alpha value is -1.77. The van der Waals surface area contributed by atoms with Crippen molar-refractivity contribution in [3.63, 3.8) is 0 Å². The van der Waals surface area contributed by atoms with Crippen molar-refractivity contribution >= 4 is 11.5 Å². The fraction of sp³-hybridized carbons (Fsp3) is 0.250. The van der Waals surface area contributed by atoms with Crippen LogP contribution in [-0.4, -0.2) is 16.2 Å². The molecule has 0 atom stereocenters. The highest BCUT2D eigenvalue weighted by molar-refractivity contribution is 5.85. The molecule has 0 aromatic heterocycles. The summed E-state index contributed by atoms with van der Waals surface area (Å²) < 4.78 is 0. The molecule has 1 aliphatic rings. The Balaban J connectivity index is 2.40. The lowest BCUT2D eigenvalue weighted by molar-refractivity contribution is -0.135. The largest absolute Gasteiger partial charge is 0.508 e. The number of hydrogen-bond acceptors (Lipinski definition) is 2. The molecule has 15 heavy (non-hydrogen) atoms. The van der Waals surface area contributed by atoms with Crippen molar-refractivity contribution in [3.8, 4) is 5.75 Å². The number of phenols is 1. The van der Waals surface area contributed by atoms with Crippen LogP contribution in [0.4, 0.5) is 0 Å². The van der Waals surface area contributed by atoms with Crippen molar-refractivity contribution in [1.29, 1.82) is 0 Å². The van der Waals surface area contributed by atoms with Gasteiger partial charge in [-0.3, -0.25) is 4.79 Å². The van der Waals surface area contributed by atoms with E-state index in [0.717, 1.165) is 29.5 Å². The molecule has 2 rings (SSSR count). The molecule has 0 amide bonds. The lowest BCUT2D eigenvalue weighted by Crippen LogP contribution is -2.04. The molecule has 0 bridgehead atoms. The monoisotopic (exact) mass is 204 g/mol. The van der Waals surface area contributed by atoms with Gasteiger partial charge in [-0.25, -0.2) is 0 Å². The molecule has 0 heterocycles. The van der Waals surface area contributed by atoms with E-state index in [4.69, 9.17) is 5.11 Å². The molecular weight excluding hydrogens is 192 g/mol. The van der Waals surface area contributed by atoms with Gasteiger partial charge in [-0.2, -0.15) is 0 Å². The van der Waals surface area contributed by atoms with Gasteiger partial charge < -0.3 is 10.2 Å². The number of rotatable bonds is 2. The Morgan fingerprint density at radius 2 is 2.20 bits per heavy atom. The Kier molecular flexibility index (Phi) is 2.46. The van der Waals surface area contributed by atoms with Crippen LogP contribution in [0.5, 0.6) is 5.75 Å². The molecule has 3 heteroatoms. The third-order valence-electron chi connectivity index (χ3n) is 2.59. The average molecular weight is 204 g/mol. The third kappa shape index (κ3) is 2.01. The lowest BCUT2D eigenvalue weighted by Gasteiger charge is -2.16. The Morgan fingerprint density at radius 1 is 1.40 bits per heavy atom. The van der Waals surface area contributed by atoms with Crippen LogP contribution in [-0.2, 0) is 11.2 Å². The second-order valence-electron chi connectivity index (χ2n) is 3.68. The van der Waals surface area contributed by atoms with Crippen molar-refractivity contribution in [1.82, 2.24) is 0 Å². The van der Waals surface area contributed by atoms with Gasteiger partial charge in [-0.05, 0) is 41.7 Å². The van der Waals surface area contributed by atoms with Crippen LogP contribution < -0.4 is 0 Å². The molecule has 3 nitrogen and oxygen atoms in total. The minimum atomic E-state index is -0.836. The van der Waals surface area contributed by atoms with Gasteiger partial charge in [0.15, 0.2) is 0 Å². The summed E-state index contributed by atoms with van der Waals surface area (Å²) in [6.07, 6.45) is 3.76. The van der Waals surface area contributed by atoms with Crippen LogP contribution >= 0.6 is 0 Å². The predicted molar refractivity (Wildman–Crippen MR) is 56.7 cm³/mol. The van der Waals surface area contributed by atoms with Gasteiger partial charge in [0.25, 0.3) is 0 Å². The maximum atomic E-state index is 10.7. The number of allylic oxidation sites excluding steroid dienone is 1. The van der Waals surface area contributed by atoms with Crippen molar-refractivity contribution in [2.75, 3.05) is 0 Å². The van der Waals surface area contributed by atoms with Crippen LogP contribution in [0, 0.1) is 0 Å². The maximum absolute atomic E-state index is 10.7. The van der Waals surface area contributed by atoms with Crippen LogP contribution in [0.3, 0.4) is 0 Å². The summed E-state index contributed by atoms with van der Waals surface area (Å²) in [5.41, 5.74) is 2.80. The Bertz CT molecular complexity index is 432.